The third-order valence-electron chi connectivity index (χ3n) is 3.90. The summed E-state index contributed by atoms with van der Waals surface area (Å²) in [5.41, 5.74) is 1.82. The highest BCUT2D eigenvalue weighted by atomic mass is 35.5. The van der Waals surface area contributed by atoms with Crippen LogP contribution in [0.1, 0.15) is 27.2 Å². The summed E-state index contributed by atoms with van der Waals surface area (Å²) in [5.74, 6) is -0.0370. The van der Waals surface area contributed by atoms with E-state index >= 15 is 0 Å². The van der Waals surface area contributed by atoms with Gasteiger partial charge < -0.3 is 8.37 Å². The summed E-state index contributed by atoms with van der Waals surface area (Å²) >= 11 is 9.86. The molecule has 3 rings (SSSR count). The quantitative estimate of drug-likeness (QED) is 0.525. The minimum Gasteiger partial charge on any atom is -0.371 e. The van der Waals surface area contributed by atoms with Crippen LogP contribution in [0, 0.1) is 13.8 Å². The first-order valence-electron chi connectivity index (χ1n) is 8.14. The lowest BCUT2D eigenvalue weighted by atomic mass is 10.0. The molecule has 0 aliphatic carbocycles. The first kappa shape index (κ1) is 20.4. The van der Waals surface area contributed by atoms with E-state index in [1.165, 1.54) is 16.8 Å². The number of nitrogens with zero attached hydrogens (tertiary/aromatic N) is 2. The third kappa shape index (κ3) is 4.38. The van der Waals surface area contributed by atoms with Gasteiger partial charge in [0.05, 0.1) is 10.7 Å². The van der Waals surface area contributed by atoms with Gasteiger partial charge in [-0.05, 0) is 44.2 Å². The maximum atomic E-state index is 13.0. The van der Waals surface area contributed by atoms with E-state index in [1.807, 2.05) is 19.1 Å². The van der Waals surface area contributed by atoms with Gasteiger partial charge in [0.1, 0.15) is 11.3 Å². The zero-order valence-corrected chi connectivity index (χ0v) is 17.6. The Bertz CT molecular complexity index is 1060. The van der Waals surface area contributed by atoms with Gasteiger partial charge in [0, 0.05) is 17.6 Å². The minimum absolute atomic E-state index is 0.0129. The fraction of sp³-hybridized carbons (Fsp3) is 0.158. The van der Waals surface area contributed by atoms with Crippen molar-refractivity contribution in [3.63, 3.8) is 0 Å². The van der Waals surface area contributed by atoms with Crippen molar-refractivity contribution in [2.75, 3.05) is 0 Å². The van der Waals surface area contributed by atoms with Crippen LogP contribution in [-0.2, 0) is 18.4 Å². The normalized spacial score (nSPS) is 11.9. The van der Waals surface area contributed by atoms with E-state index in [2.05, 4.69) is 5.10 Å². The average Bonchev–Trinajstić information content (AvgIpc) is 2.89. The fourth-order valence-electron chi connectivity index (χ4n) is 2.56. The van der Waals surface area contributed by atoms with E-state index < -0.39 is 17.1 Å². The Morgan fingerprint density at radius 3 is 2.39 bits per heavy atom. The SMILES string of the molecule is Cc1ccc(OS(=O)Oc2c(C(=O)c3ccc(Cl)cc3Cl)c(C)nn2C)cc1. The van der Waals surface area contributed by atoms with E-state index in [-0.39, 0.29) is 22.0 Å². The predicted octanol–water partition coefficient (Wildman–Crippen LogP) is 4.61. The summed E-state index contributed by atoms with van der Waals surface area (Å²) in [5, 5.41) is 4.80. The largest absolute Gasteiger partial charge is 0.419 e. The van der Waals surface area contributed by atoms with Gasteiger partial charge in [0.25, 0.3) is 0 Å². The first-order valence-corrected chi connectivity index (χ1v) is 9.90. The van der Waals surface area contributed by atoms with Crippen LogP contribution in [0.25, 0.3) is 0 Å². The number of benzene rings is 2. The molecule has 1 unspecified atom stereocenters. The number of hydrogen-bond donors (Lipinski definition) is 0. The maximum absolute atomic E-state index is 13.0. The van der Waals surface area contributed by atoms with Gasteiger partial charge in [-0.25, -0.2) is 4.68 Å². The molecule has 28 heavy (non-hydrogen) atoms. The van der Waals surface area contributed by atoms with Gasteiger partial charge in [-0.15, -0.1) is 0 Å². The van der Waals surface area contributed by atoms with Crippen LogP contribution in [0.4, 0.5) is 0 Å². The van der Waals surface area contributed by atoms with E-state index in [0.717, 1.165) is 5.56 Å². The molecule has 0 saturated carbocycles. The molecule has 3 aromatic rings. The number of hydrogen-bond acceptors (Lipinski definition) is 5. The molecule has 9 heteroatoms. The second kappa shape index (κ2) is 8.34. The third-order valence-corrected chi connectivity index (χ3v) is 5.07. The Morgan fingerprint density at radius 2 is 1.75 bits per heavy atom. The molecule has 0 amide bonds. The van der Waals surface area contributed by atoms with Crippen molar-refractivity contribution in [2.45, 2.75) is 13.8 Å². The van der Waals surface area contributed by atoms with E-state index in [4.69, 9.17) is 31.6 Å². The molecular weight excluding hydrogens is 423 g/mol. The molecule has 1 aromatic heterocycles. The van der Waals surface area contributed by atoms with E-state index in [0.29, 0.717) is 16.5 Å². The second-order valence-corrected chi connectivity index (χ2v) is 7.61. The Balaban J connectivity index is 1.89. The predicted molar refractivity (Wildman–Crippen MR) is 108 cm³/mol. The molecule has 1 heterocycles. The van der Waals surface area contributed by atoms with Crippen LogP contribution in [0.5, 0.6) is 11.6 Å². The monoisotopic (exact) mass is 438 g/mol. The highest BCUT2D eigenvalue weighted by molar-refractivity contribution is 7.75. The molecule has 0 aliphatic rings. The van der Waals surface area contributed by atoms with Crippen molar-refractivity contribution >= 4 is 40.3 Å². The van der Waals surface area contributed by atoms with Crippen LogP contribution in [0.15, 0.2) is 42.5 Å². The van der Waals surface area contributed by atoms with E-state index in [1.54, 1.807) is 32.2 Å². The van der Waals surface area contributed by atoms with Crippen LogP contribution >= 0.6 is 23.2 Å². The average molecular weight is 439 g/mol. The summed E-state index contributed by atoms with van der Waals surface area (Å²) in [6.45, 7) is 3.57. The van der Waals surface area contributed by atoms with Crippen molar-refractivity contribution < 1.29 is 17.4 Å². The number of halogens is 2. The van der Waals surface area contributed by atoms with Crippen LogP contribution in [0.2, 0.25) is 10.0 Å². The molecule has 0 N–H and O–H groups in total. The maximum Gasteiger partial charge on any atom is 0.419 e. The van der Waals surface area contributed by atoms with E-state index in [9.17, 15) is 9.00 Å². The van der Waals surface area contributed by atoms with Gasteiger partial charge >= 0.3 is 11.4 Å². The number of aryl methyl sites for hydroxylation is 3. The van der Waals surface area contributed by atoms with Gasteiger partial charge in [0.15, 0.2) is 0 Å². The Hall–Kier alpha value is -2.35. The van der Waals surface area contributed by atoms with Crippen molar-refractivity contribution in [1.29, 1.82) is 0 Å². The fourth-order valence-corrected chi connectivity index (χ4v) is 3.67. The topological polar surface area (TPSA) is 70.4 Å². The smallest absolute Gasteiger partial charge is 0.371 e. The van der Waals surface area contributed by atoms with Crippen molar-refractivity contribution in [1.82, 2.24) is 9.78 Å². The van der Waals surface area contributed by atoms with Crippen LogP contribution < -0.4 is 8.37 Å². The van der Waals surface area contributed by atoms with Gasteiger partial charge in [-0.2, -0.15) is 9.31 Å². The summed E-state index contributed by atoms with van der Waals surface area (Å²) in [7, 11) is 1.58. The lowest BCUT2D eigenvalue weighted by Crippen LogP contribution is -2.13. The minimum atomic E-state index is -2.18. The number of aromatic nitrogens is 2. The van der Waals surface area contributed by atoms with Gasteiger partial charge in [-0.1, -0.05) is 40.9 Å². The Morgan fingerprint density at radius 1 is 1.07 bits per heavy atom. The molecule has 2 aromatic carbocycles. The number of carbonyl (C=O) groups is 1. The highest BCUT2D eigenvalue weighted by Gasteiger charge is 2.26. The summed E-state index contributed by atoms with van der Waals surface area (Å²) in [6.07, 6.45) is 0. The summed E-state index contributed by atoms with van der Waals surface area (Å²) in [4.78, 5) is 13.0. The summed E-state index contributed by atoms with van der Waals surface area (Å²) < 4.78 is 24.3. The van der Waals surface area contributed by atoms with Crippen molar-refractivity contribution in [3.05, 3.63) is 74.9 Å². The Kier molecular flexibility index (Phi) is 6.07. The zero-order chi connectivity index (χ0) is 20.4. The Labute approximate surface area is 174 Å². The van der Waals surface area contributed by atoms with Crippen LogP contribution in [0.3, 0.4) is 0 Å². The molecule has 0 saturated heterocycles. The highest BCUT2D eigenvalue weighted by Crippen LogP contribution is 2.30. The molecule has 0 spiro atoms. The molecule has 0 aliphatic heterocycles. The zero-order valence-electron chi connectivity index (χ0n) is 15.2. The number of carbonyl (C=O) groups excluding carboxylic acids is 1. The molecular formula is C19H16Cl2N2O4S. The van der Waals surface area contributed by atoms with Gasteiger partial charge in [0.2, 0.25) is 11.7 Å². The molecule has 6 nitrogen and oxygen atoms in total. The second-order valence-electron chi connectivity index (χ2n) is 6.03. The molecule has 0 radical (unpaired) electrons. The van der Waals surface area contributed by atoms with Crippen molar-refractivity contribution in [3.8, 4) is 11.6 Å². The molecule has 1 atom stereocenters. The number of ketones is 1. The molecule has 0 bridgehead atoms. The molecule has 146 valence electrons. The van der Waals surface area contributed by atoms with Crippen molar-refractivity contribution in [2.24, 2.45) is 7.05 Å². The van der Waals surface area contributed by atoms with Gasteiger partial charge in [-0.3, -0.25) is 4.79 Å². The lowest BCUT2D eigenvalue weighted by Gasteiger charge is -2.09. The lowest BCUT2D eigenvalue weighted by molar-refractivity contribution is 0.103. The first-order chi connectivity index (χ1) is 13.3. The summed E-state index contributed by atoms with van der Waals surface area (Å²) in [6, 6.07) is 11.5. The number of rotatable bonds is 6. The van der Waals surface area contributed by atoms with Crippen LogP contribution in [-0.4, -0.2) is 19.8 Å². The molecule has 0 fully saturated rings. The standard InChI is InChI=1S/C19H16Cl2N2O4S/c1-11-4-7-14(8-5-11)26-28(25)27-19-17(12(2)22-23(19)3)18(24)15-9-6-13(20)10-16(15)21/h4-10H,1-3H3.